The SMILES string of the molecule is Cc1ccccc1-c1nc(Oc2ccccc2)c2ccccc2[n+]1C. The zero-order valence-corrected chi connectivity index (χ0v) is 14.3. The third-order valence-electron chi connectivity index (χ3n) is 4.36. The monoisotopic (exact) mass is 327 g/mol. The molecule has 0 unspecified atom stereocenters. The highest BCUT2D eigenvalue weighted by molar-refractivity contribution is 5.82. The van der Waals surface area contributed by atoms with Crippen molar-refractivity contribution in [3.8, 4) is 23.0 Å². The van der Waals surface area contributed by atoms with Gasteiger partial charge in [0, 0.05) is 0 Å². The van der Waals surface area contributed by atoms with Crippen molar-refractivity contribution in [1.29, 1.82) is 0 Å². The van der Waals surface area contributed by atoms with Crippen LogP contribution >= 0.6 is 0 Å². The molecule has 3 nitrogen and oxygen atoms in total. The Balaban J connectivity index is 1.96. The van der Waals surface area contributed by atoms with Crippen LogP contribution in [0.15, 0.2) is 78.9 Å². The minimum absolute atomic E-state index is 0.623. The number of aryl methyl sites for hydroxylation is 2. The Morgan fingerprint density at radius 1 is 0.800 bits per heavy atom. The van der Waals surface area contributed by atoms with Crippen LogP contribution in [0, 0.1) is 6.92 Å². The lowest BCUT2D eigenvalue weighted by atomic mass is 10.1. The minimum atomic E-state index is 0.623. The van der Waals surface area contributed by atoms with Gasteiger partial charge in [0.15, 0.2) is 0 Å². The normalized spacial score (nSPS) is 10.8. The van der Waals surface area contributed by atoms with Crippen LogP contribution in [0.25, 0.3) is 22.3 Å². The van der Waals surface area contributed by atoms with Crippen molar-refractivity contribution in [2.45, 2.75) is 6.92 Å². The molecule has 0 saturated heterocycles. The molecule has 0 atom stereocenters. The molecule has 0 radical (unpaired) electrons. The zero-order valence-electron chi connectivity index (χ0n) is 14.3. The maximum Gasteiger partial charge on any atom is 0.345 e. The highest BCUT2D eigenvalue weighted by atomic mass is 16.5. The largest absolute Gasteiger partial charge is 0.420 e. The Morgan fingerprint density at radius 2 is 1.48 bits per heavy atom. The molecule has 0 aliphatic heterocycles. The molecule has 1 aromatic heterocycles. The van der Waals surface area contributed by atoms with E-state index in [1.54, 1.807) is 0 Å². The maximum atomic E-state index is 6.12. The van der Waals surface area contributed by atoms with E-state index < -0.39 is 0 Å². The van der Waals surface area contributed by atoms with Gasteiger partial charge in [-0.05, 0) is 47.8 Å². The molecule has 3 aromatic carbocycles. The summed E-state index contributed by atoms with van der Waals surface area (Å²) in [5.74, 6) is 2.30. The van der Waals surface area contributed by atoms with Gasteiger partial charge in [0.2, 0.25) is 0 Å². The summed E-state index contributed by atoms with van der Waals surface area (Å²) in [7, 11) is 2.05. The molecule has 0 fully saturated rings. The summed E-state index contributed by atoms with van der Waals surface area (Å²) in [6, 6.07) is 26.2. The van der Waals surface area contributed by atoms with Crippen LogP contribution in [0.4, 0.5) is 0 Å². The molecule has 0 saturated carbocycles. The van der Waals surface area contributed by atoms with E-state index in [1.165, 1.54) is 5.56 Å². The summed E-state index contributed by atoms with van der Waals surface area (Å²) >= 11 is 0. The number of rotatable bonds is 3. The highest BCUT2D eigenvalue weighted by Gasteiger charge is 2.23. The average Bonchev–Trinajstić information content (AvgIpc) is 2.66. The van der Waals surface area contributed by atoms with Crippen LogP contribution < -0.4 is 9.30 Å². The van der Waals surface area contributed by atoms with Gasteiger partial charge in [-0.25, -0.2) is 4.57 Å². The van der Waals surface area contributed by atoms with Crippen LogP contribution in [0.5, 0.6) is 11.6 Å². The Labute approximate surface area is 147 Å². The summed E-state index contributed by atoms with van der Waals surface area (Å²) in [6.45, 7) is 2.10. The van der Waals surface area contributed by atoms with Crippen molar-refractivity contribution in [3.63, 3.8) is 0 Å². The first-order valence-corrected chi connectivity index (χ1v) is 8.32. The number of benzene rings is 3. The van der Waals surface area contributed by atoms with E-state index in [9.17, 15) is 0 Å². The number of nitrogens with zero attached hydrogens (tertiary/aromatic N) is 2. The Morgan fingerprint density at radius 3 is 2.28 bits per heavy atom. The van der Waals surface area contributed by atoms with Crippen molar-refractivity contribution in [2.24, 2.45) is 7.05 Å². The molecule has 25 heavy (non-hydrogen) atoms. The summed E-state index contributed by atoms with van der Waals surface area (Å²) in [5, 5.41) is 0.992. The second kappa shape index (κ2) is 6.36. The molecule has 4 rings (SSSR count). The Bertz CT molecular complexity index is 1040. The number of aromatic nitrogens is 2. The highest BCUT2D eigenvalue weighted by Crippen LogP contribution is 2.29. The van der Waals surface area contributed by atoms with E-state index >= 15 is 0 Å². The molecule has 4 aromatic rings. The van der Waals surface area contributed by atoms with Crippen LogP contribution in [-0.4, -0.2) is 4.98 Å². The molecule has 0 aliphatic carbocycles. The van der Waals surface area contributed by atoms with Crippen LogP contribution in [0.3, 0.4) is 0 Å². The maximum absolute atomic E-state index is 6.12. The van der Waals surface area contributed by atoms with Crippen molar-refractivity contribution in [3.05, 3.63) is 84.4 Å². The summed E-state index contributed by atoms with van der Waals surface area (Å²) in [6.07, 6.45) is 0. The zero-order chi connectivity index (χ0) is 17.2. The molecule has 122 valence electrons. The van der Waals surface area contributed by atoms with Crippen LogP contribution in [-0.2, 0) is 7.05 Å². The van der Waals surface area contributed by atoms with Gasteiger partial charge in [0.1, 0.15) is 16.7 Å². The van der Waals surface area contributed by atoms with Gasteiger partial charge < -0.3 is 4.74 Å². The van der Waals surface area contributed by atoms with Gasteiger partial charge >= 0.3 is 11.7 Å². The molecule has 0 aliphatic rings. The fourth-order valence-corrected chi connectivity index (χ4v) is 3.04. The summed E-state index contributed by atoms with van der Waals surface area (Å²) in [4.78, 5) is 4.87. The average molecular weight is 327 g/mol. The number of para-hydroxylation sites is 2. The second-order valence-electron chi connectivity index (χ2n) is 6.05. The summed E-state index contributed by atoms with van der Waals surface area (Å²) in [5.41, 5.74) is 3.38. The molecule has 1 heterocycles. The number of hydrogen-bond acceptors (Lipinski definition) is 2. The fourth-order valence-electron chi connectivity index (χ4n) is 3.04. The van der Waals surface area contributed by atoms with Gasteiger partial charge in [-0.15, -0.1) is 0 Å². The van der Waals surface area contributed by atoms with Crippen LogP contribution in [0.2, 0.25) is 0 Å². The topological polar surface area (TPSA) is 26.0 Å². The first kappa shape index (κ1) is 15.3. The van der Waals surface area contributed by atoms with Gasteiger partial charge in [-0.3, -0.25) is 0 Å². The molecular formula is C22H19N2O+. The number of fused-ring (bicyclic) bond motifs is 1. The van der Waals surface area contributed by atoms with E-state index in [1.807, 2.05) is 67.7 Å². The van der Waals surface area contributed by atoms with E-state index in [4.69, 9.17) is 9.72 Å². The first-order chi connectivity index (χ1) is 12.2. The standard InChI is InChI=1S/C22H19N2O/c1-16-10-6-7-13-18(16)21-23-22(25-17-11-4-3-5-12-17)19-14-8-9-15-20(19)24(21)2/h3-15H,1-2H3/q+1. The molecule has 0 N–H and O–H groups in total. The quantitative estimate of drug-likeness (QED) is 0.504. The summed E-state index contributed by atoms with van der Waals surface area (Å²) < 4.78 is 8.24. The van der Waals surface area contributed by atoms with Crippen LogP contribution in [0.1, 0.15) is 5.56 Å². The third-order valence-corrected chi connectivity index (χ3v) is 4.36. The minimum Gasteiger partial charge on any atom is -0.420 e. The molecule has 3 heteroatoms. The van der Waals surface area contributed by atoms with E-state index in [0.29, 0.717) is 5.88 Å². The lowest BCUT2D eigenvalue weighted by Crippen LogP contribution is -2.33. The molecular weight excluding hydrogens is 308 g/mol. The smallest absolute Gasteiger partial charge is 0.345 e. The number of ether oxygens (including phenoxy) is 1. The lowest BCUT2D eigenvalue weighted by molar-refractivity contribution is -0.636. The lowest BCUT2D eigenvalue weighted by Gasteiger charge is -2.09. The van der Waals surface area contributed by atoms with Crippen molar-refractivity contribution in [1.82, 2.24) is 4.98 Å². The Hall–Kier alpha value is -3.20. The van der Waals surface area contributed by atoms with Gasteiger partial charge in [0.05, 0.1) is 12.6 Å². The molecule has 0 amide bonds. The molecule has 0 spiro atoms. The van der Waals surface area contributed by atoms with Gasteiger partial charge in [-0.1, -0.05) is 48.5 Å². The number of hydrogen-bond donors (Lipinski definition) is 0. The van der Waals surface area contributed by atoms with Crippen molar-refractivity contribution in [2.75, 3.05) is 0 Å². The first-order valence-electron chi connectivity index (χ1n) is 8.32. The predicted molar refractivity (Wildman–Crippen MR) is 99.6 cm³/mol. The second-order valence-corrected chi connectivity index (χ2v) is 6.05. The third kappa shape index (κ3) is 2.85. The molecule has 0 bridgehead atoms. The van der Waals surface area contributed by atoms with Crippen molar-refractivity contribution < 1.29 is 9.30 Å². The van der Waals surface area contributed by atoms with Gasteiger partial charge in [-0.2, -0.15) is 0 Å². The van der Waals surface area contributed by atoms with Gasteiger partial charge in [0.25, 0.3) is 0 Å². The van der Waals surface area contributed by atoms with E-state index in [-0.39, 0.29) is 0 Å². The Kier molecular flexibility index (Phi) is 3.90. The fraction of sp³-hybridized carbons (Fsp3) is 0.0909. The predicted octanol–water partition coefficient (Wildman–Crippen LogP) is 4.83. The van der Waals surface area contributed by atoms with E-state index in [0.717, 1.165) is 28.0 Å². The van der Waals surface area contributed by atoms with E-state index in [2.05, 4.69) is 29.7 Å². The van der Waals surface area contributed by atoms with Crippen molar-refractivity contribution >= 4 is 10.9 Å².